The molecule has 2 unspecified atom stereocenters. The van der Waals surface area contributed by atoms with Crippen LogP contribution in [0.1, 0.15) is 57.9 Å². The summed E-state index contributed by atoms with van der Waals surface area (Å²) in [6.07, 6.45) is 4.99. The minimum absolute atomic E-state index is 0.0763. The van der Waals surface area contributed by atoms with E-state index < -0.39 is 0 Å². The largest absolute Gasteiger partial charge is 0.381 e. The van der Waals surface area contributed by atoms with Crippen molar-refractivity contribution in [3.63, 3.8) is 0 Å². The van der Waals surface area contributed by atoms with Gasteiger partial charge in [-0.25, -0.2) is 0 Å². The lowest BCUT2D eigenvalue weighted by molar-refractivity contribution is -0.0414. The molecule has 1 aliphatic carbocycles. The van der Waals surface area contributed by atoms with Crippen LogP contribution in [0.4, 0.5) is 0 Å². The zero-order valence-electron chi connectivity index (χ0n) is 13.6. The van der Waals surface area contributed by atoms with Crippen LogP contribution in [0.3, 0.4) is 0 Å². The fourth-order valence-electron chi connectivity index (χ4n) is 2.53. The molecular formula is C16H28N2O3. The molecule has 2 rings (SSSR count). The first-order valence-corrected chi connectivity index (χ1v) is 7.80. The lowest BCUT2D eigenvalue weighted by Crippen LogP contribution is -2.35. The second-order valence-electron chi connectivity index (χ2n) is 6.85. The highest BCUT2D eigenvalue weighted by atomic mass is 16.5. The van der Waals surface area contributed by atoms with Crippen molar-refractivity contribution in [2.45, 2.75) is 77.4 Å². The van der Waals surface area contributed by atoms with E-state index in [4.69, 9.17) is 14.0 Å². The SMILES string of the molecule is COC1CCCC(OCc2cc(CNC(C)(C)C)no2)C1. The van der Waals surface area contributed by atoms with E-state index in [1.807, 2.05) is 6.07 Å². The van der Waals surface area contributed by atoms with Gasteiger partial charge in [0, 0.05) is 25.3 Å². The summed E-state index contributed by atoms with van der Waals surface area (Å²) in [5.74, 6) is 0.792. The minimum Gasteiger partial charge on any atom is -0.381 e. The third-order valence-corrected chi connectivity index (χ3v) is 3.78. The normalized spacial score (nSPS) is 23.4. The van der Waals surface area contributed by atoms with Crippen molar-refractivity contribution in [2.75, 3.05) is 7.11 Å². The van der Waals surface area contributed by atoms with Gasteiger partial charge in [0.15, 0.2) is 5.76 Å². The molecule has 1 aromatic rings. The molecule has 2 atom stereocenters. The third kappa shape index (κ3) is 5.77. The zero-order chi connectivity index (χ0) is 15.3. The Morgan fingerprint density at radius 3 is 2.81 bits per heavy atom. The van der Waals surface area contributed by atoms with Gasteiger partial charge in [-0.15, -0.1) is 0 Å². The van der Waals surface area contributed by atoms with Crippen molar-refractivity contribution in [3.05, 3.63) is 17.5 Å². The molecule has 1 saturated carbocycles. The van der Waals surface area contributed by atoms with Crippen LogP contribution in [0.2, 0.25) is 0 Å². The van der Waals surface area contributed by atoms with Crippen molar-refractivity contribution in [2.24, 2.45) is 0 Å². The molecule has 1 N–H and O–H groups in total. The monoisotopic (exact) mass is 296 g/mol. The Labute approximate surface area is 127 Å². The highest BCUT2D eigenvalue weighted by molar-refractivity contribution is 5.04. The minimum atomic E-state index is 0.0763. The van der Waals surface area contributed by atoms with Gasteiger partial charge in [0.2, 0.25) is 0 Å². The van der Waals surface area contributed by atoms with E-state index in [2.05, 4.69) is 31.2 Å². The zero-order valence-corrected chi connectivity index (χ0v) is 13.6. The number of aromatic nitrogens is 1. The van der Waals surface area contributed by atoms with Gasteiger partial charge < -0.3 is 19.3 Å². The Morgan fingerprint density at radius 2 is 2.10 bits per heavy atom. The molecule has 120 valence electrons. The molecule has 21 heavy (non-hydrogen) atoms. The summed E-state index contributed by atoms with van der Waals surface area (Å²) >= 11 is 0. The first-order chi connectivity index (χ1) is 9.96. The molecule has 5 nitrogen and oxygen atoms in total. The number of methoxy groups -OCH3 is 1. The van der Waals surface area contributed by atoms with Crippen LogP contribution in [0.25, 0.3) is 0 Å². The Balaban J connectivity index is 1.75. The van der Waals surface area contributed by atoms with E-state index in [-0.39, 0.29) is 11.6 Å². The predicted molar refractivity (Wildman–Crippen MR) is 80.9 cm³/mol. The van der Waals surface area contributed by atoms with Gasteiger partial charge in [0.1, 0.15) is 6.61 Å². The van der Waals surface area contributed by atoms with Crippen LogP contribution in [-0.4, -0.2) is 30.0 Å². The number of rotatable bonds is 6. The first kappa shape index (κ1) is 16.5. The maximum atomic E-state index is 5.93. The molecule has 0 amide bonds. The highest BCUT2D eigenvalue weighted by Gasteiger charge is 2.22. The first-order valence-electron chi connectivity index (χ1n) is 7.80. The average Bonchev–Trinajstić information content (AvgIpc) is 2.90. The van der Waals surface area contributed by atoms with Crippen LogP contribution in [-0.2, 0) is 22.6 Å². The lowest BCUT2D eigenvalue weighted by atomic mass is 9.95. The van der Waals surface area contributed by atoms with Crippen molar-refractivity contribution >= 4 is 0 Å². The van der Waals surface area contributed by atoms with Gasteiger partial charge in [-0.3, -0.25) is 0 Å². The van der Waals surface area contributed by atoms with Crippen LogP contribution in [0, 0.1) is 0 Å². The van der Waals surface area contributed by atoms with E-state index in [9.17, 15) is 0 Å². The van der Waals surface area contributed by atoms with Crippen LogP contribution < -0.4 is 5.32 Å². The lowest BCUT2D eigenvalue weighted by Gasteiger charge is -2.27. The molecule has 0 bridgehead atoms. The van der Waals surface area contributed by atoms with E-state index >= 15 is 0 Å². The average molecular weight is 296 g/mol. The van der Waals surface area contributed by atoms with E-state index in [0.717, 1.165) is 30.7 Å². The molecule has 1 aromatic heterocycles. The summed E-state index contributed by atoms with van der Waals surface area (Å²) in [7, 11) is 1.78. The van der Waals surface area contributed by atoms with Crippen molar-refractivity contribution < 1.29 is 14.0 Å². The maximum absolute atomic E-state index is 5.93. The smallest absolute Gasteiger partial charge is 0.162 e. The molecule has 0 saturated heterocycles. The Kier molecular flexibility index (Phi) is 5.79. The number of nitrogens with one attached hydrogen (secondary N) is 1. The molecule has 0 aromatic carbocycles. The molecule has 1 fully saturated rings. The van der Waals surface area contributed by atoms with Gasteiger partial charge in [0.05, 0.1) is 17.9 Å². The summed E-state index contributed by atoms with van der Waals surface area (Å²) < 4.78 is 16.7. The standard InChI is InChI=1S/C16H28N2O3/c1-16(2,3)17-10-12-8-15(21-18-12)11-20-14-7-5-6-13(9-14)19-4/h8,13-14,17H,5-7,9-11H2,1-4H3. The number of nitrogens with zero attached hydrogens (tertiary/aromatic N) is 1. The number of hydrogen-bond acceptors (Lipinski definition) is 5. The Hall–Kier alpha value is -0.910. The topological polar surface area (TPSA) is 56.5 Å². The fourth-order valence-corrected chi connectivity index (χ4v) is 2.53. The van der Waals surface area contributed by atoms with Crippen molar-refractivity contribution in [3.8, 4) is 0 Å². The van der Waals surface area contributed by atoms with E-state index in [0.29, 0.717) is 19.3 Å². The molecule has 1 heterocycles. The van der Waals surface area contributed by atoms with Crippen molar-refractivity contribution in [1.82, 2.24) is 10.5 Å². The van der Waals surface area contributed by atoms with Gasteiger partial charge in [-0.2, -0.15) is 0 Å². The van der Waals surface area contributed by atoms with Gasteiger partial charge in [-0.1, -0.05) is 5.16 Å². The molecule has 5 heteroatoms. The van der Waals surface area contributed by atoms with Gasteiger partial charge >= 0.3 is 0 Å². The van der Waals surface area contributed by atoms with Crippen LogP contribution >= 0.6 is 0 Å². The molecule has 0 aliphatic heterocycles. The Morgan fingerprint density at radius 1 is 1.33 bits per heavy atom. The van der Waals surface area contributed by atoms with Gasteiger partial charge in [0.25, 0.3) is 0 Å². The van der Waals surface area contributed by atoms with E-state index in [1.165, 1.54) is 6.42 Å². The molecule has 0 spiro atoms. The van der Waals surface area contributed by atoms with E-state index in [1.54, 1.807) is 7.11 Å². The number of hydrogen-bond donors (Lipinski definition) is 1. The quantitative estimate of drug-likeness (QED) is 0.874. The highest BCUT2D eigenvalue weighted by Crippen LogP contribution is 2.24. The summed E-state index contributed by atoms with van der Waals surface area (Å²) in [5, 5.41) is 7.46. The van der Waals surface area contributed by atoms with Gasteiger partial charge in [-0.05, 0) is 46.5 Å². The third-order valence-electron chi connectivity index (χ3n) is 3.78. The van der Waals surface area contributed by atoms with Crippen molar-refractivity contribution in [1.29, 1.82) is 0 Å². The summed E-state index contributed by atoms with van der Waals surface area (Å²) in [5.41, 5.74) is 0.995. The molecule has 1 aliphatic rings. The Bertz CT molecular complexity index is 425. The summed E-state index contributed by atoms with van der Waals surface area (Å²) in [6.45, 7) is 7.59. The number of ether oxygens (including phenoxy) is 2. The summed E-state index contributed by atoms with van der Waals surface area (Å²) in [4.78, 5) is 0. The second kappa shape index (κ2) is 7.38. The second-order valence-corrected chi connectivity index (χ2v) is 6.85. The predicted octanol–water partition coefficient (Wildman–Crippen LogP) is 3.04. The van der Waals surface area contributed by atoms with Crippen LogP contribution in [0.5, 0.6) is 0 Å². The summed E-state index contributed by atoms with van der Waals surface area (Å²) in [6, 6.07) is 1.97. The fraction of sp³-hybridized carbons (Fsp3) is 0.812. The van der Waals surface area contributed by atoms with Crippen LogP contribution in [0.15, 0.2) is 10.6 Å². The maximum Gasteiger partial charge on any atom is 0.162 e. The molecule has 0 radical (unpaired) electrons. The molecular weight excluding hydrogens is 268 g/mol.